The highest BCUT2D eigenvalue weighted by Gasteiger charge is 2.25. The predicted octanol–water partition coefficient (Wildman–Crippen LogP) is 3.77. The molecule has 1 fully saturated rings. The number of amides is 1. The monoisotopic (exact) mass is 461 g/mol. The number of aromatic nitrogens is 1. The zero-order chi connectivity index (χ0) is 21.3. The molecule has 0 atom stereocenters. The van der Waals surface area contributed by atoms with Gasteiger partial charge in [0.1, 0.15) is 0 Å². The normalized spacial score (nSPS) is 15.0. The van der Waals surface area contributed by atoms with E-state index < -0.39 is 9.84 Å². The summed E-state index contributed by atoms with van der Waals surface area (Å²) in [6.45, 7) is 4.16. The third-order valence-electron chi connectivity index (χ3n) is 5.25. The van der Waals surface area contributed by atoms with E-state index in [-0.39, 0.29) is 16.6 Å². The molecule has 9 heteroatoms. The van der Waals surface area contributed by atoms with E-state index in [4.69, 9.17) is 4.98 Å². The molecule has 0 aliphatic carbocycles. The van der Waals surface area contributed by atoms with Crippen LogP contribution >= 0.6 is 23.1 Å². The molecule has 30 heavy (non-hydrogen) atoms. The summed E-state index contributed by atoms with van der Waals surface area (Å²) in [4.78, 5) is 23.1. The van der Waals surface area contributed by atoms with Crippen LogP contribution in [0.25, 0.3) is 10.2 Å². The van der Waals surface area contributed by atoms with Crippen molar-refractivity contribution < 1.29 is 13.2 Å². The van der Waals surface area contributed by atoms with Crippen molar-refractivity contribution in [2.75, 3.05) is 43.1 Å². The predicted molar refractivity (Wildman–Crippen MR) is 124 cm³/mol. The van der Waals surface area contributed by atoms with Crippen LogP contribution in [0.2, 0.25) is 0 Å². The number of para-hydroxylation sites is 1. The van der Waals surface area contributed by atoms with Gasteiger partial charge in [-0.2, -0.15) is 0 Å². The van der Waals surface area contributed by atoms with E-state index in [1.165, 1.54) is 15.7 Å². The number of carbonyl (C=O) groups excluding carboxylic acids is 1. The number of nitrogens with zero attached hydrogens (tertiary/aromatic N) is 3. The van der Waals surface area contributed by atoms with Crippen LogP contribution in [-0.2, 0) is 9.84 Å². The summed E-state index contributed by atoms with van der Waals surface area (Å²) < 4.78 is 25.4. The highest BCUT2D eigenvalue weighted by atomic mass is 32.2. The molecule has 3 aromatic rings. The lowest BCUT2D eigenvalue weighted by atomic mass is 10.2. The van der Waals surface area contributed by atoms with Crippen LogP contribution in [0.15, 0.2) is 52.3 Å². The first-order chi connectivity index (χ1) is 14.4. The molecular weight excluding hydrogens is 438 g/mol. The van der Waals surface area contributed by atoms with Crippen LogP contribution in [0.5, 0.6) is 0 Å². The SMILES string of the molecule is CCS(=O)(=O)c1cccc(C(=O)N2CCN(c3nc4c(SC)cccc4s3)CC2)c1. The first kappa shape index (κ1) is 21.1. The smallest absolute Gasteiger partial charge is 0.254 e. The highest BCUT2D eigenvalue weighted by molar-refractivity contribution is 7.98. The second-order valence-corrected chi connectivity index (χ2v) is 11.1. The van der Waals surface area contributed by atoms with Crippen molar-refractivity contribution >= 4 is 54.2 Å². The second-order valence-electron chi connectivity index (χ2n) is 7.01. The number of anilines is 1. The molecule has 1 amide bonds. The van der Waals surface area contributed by atoms with Crippen molar-refractivity contribution in [3.8, 4) is 0 Å². The number of carbonyl (C=O) groups is 1. The third-order valence-corrected chi connectivity index (χ3v) is 8.83. The van der Waals surface area contributed by atoms with Gasteiger partial charge in [-0.05, 0) is 36.6 Å². The van der Waals surface area contributed by atoms with E-state index in [0.29, 0.717) is 31.7 Å². The Balaban J connectivity index is 1.47. The Morgan fingerprint density at radius 2 is 1.87 bits per heavy atom. The maximum atomic E-state index is 12.9. The fraction of sp³-hybridized carbons (Fsp3) is 0.333. The number of rotatable bonds is 5. The minimum Gasteiger partial charge on any atom is -0.345 e. The molecule has 0 bridgehead atoms. The number of thioether (sulfide) groups is 1. The Kier molecular flexibility index (Phi) is 6.04. The molecule has 0 spiro atoms. The fourth-order valence-electron chi connectivity index (χ4n) is 3.48. The van der Waals surface area contributed by atoms with Gasteiger partial charge in [0.15, 0.2) is 15.0 Å². The Labute approximate surface area is 184 Å². The van der Waals surface area contributed by atoms with Crippen LogP contribution in [0, 0.1) is 0 Å². The van der Waals surface area contributed by atoms with Gasteiger partial charge in [0.05, 0.1) is 20.9 Å². The Morgan fingerprint density at radius 1 is 1.13 bits per heavy atom. The number of piperazine rings is 1. The number of benzene rings is 2. The molecule has 0 radical (unpaired) electrons. The number of hydrogen-bond donors (Lipinski definition) is 0. The fourth-order valence-corrected chi connectivity index (χ4v) is 6.08. The van der Waals surface area contributed by atoms with Gasteiger partial charge in [-0.25, -0.2) is 13.4 Å². The van der Waals surface area contributed by atoms with Gasteiger partial charge in [0.25, 0.3) is 5.91 Å². The summed E-state index contributed by atoms with van der Waals surface area (Å²) >= 11 is 3.37. The van der Waals surface area contributed by atoms with E-state index in [9.17, 15) is 13.2 Å². The lowest BCUT2D eigenvalue weighted by molar-refractivity contribution is 0.0746. The minimum absolute atomic E-state index is 0.0176. The summed E-state index contributed by atoms with van der Waals surface area (Å²) in [6.07, 6.45) is 2.05. The minimum atomic E-state index is -3.34. The standard InChI is InChI=1S/C21H23N3O3S3/c1-3-30(26,27)16-7-4-6-15(14-16)20(25)23-10-12-24(13-11-23)21-22-19-17(28-2)8-5-9-18(19)29-21/h4-9,14H,3,10-13H2,1-2H3. The summed E-state index contributed by atoms with van der Waals surface area (Å²) in [5.74, 6) is -0.110. The molecule has 0 saturated carbocycles. The molecule has 0 unspecified atom stereocenters. The molecular formula is C21H23N3O3S3. The van der Waals surface area contributed by atoms with Gasteiger partial charge >= 0.3 is 0 Å². The van der Waals surface area contributed by atoms with E-state index >= 15 is 0 Å². The molecule has 1 saturated heterocycles. The van der Waals surface area contributed by atoms with E-state index in [1.54, 1.807) is 53.1 Å². The summed E-state index contributed by atoms with van der Waals surface area (Å²) in [5.41, 5.74) is 1.46. The Bertz CT molecular complexity index is 1180. The Hall–Kier alpha value is -2.10. The number of thiazole rings is 1. The zero-order valence-electron chi connectivity index (χ0n) is 16.9. The zero-order valence-corrected chi connectivity index (χ0v) is 19.3. The van der Waals surface area contributed by atoms with Crippen molar-refractivity contribution in [1.29, 1.82) is 0 Å². The average molecular weight is 462 g/mol. The molecule has 2 heterocycles. The van der Waals surface area contributed by atoms with Crippen molar-refractivity contribution in [3.05, 3.63) is 48.0 Å². The molecule has 2 aromatic carbocycles. The van der Waals surface area contributed by atoms with Gasteiger partial charge in [0.2, 0.25) is 0 Å². The molecule has 4 rings (SSSR count). The highest BCUT2D eigenvalue weighted by Crippen LogP contribution is 2.34. The summed E-state index contributed by atoms with van der Waals surface area (Å²) in [6, 6.07) is 12.6. The molecule has 1 aromatic heterocycles. The van der Waals surface area contributed by atoms with E-state index in [0.717, 1.165) is 10.6 Å². The molecule has 158 valence electrons. The van der Waals surface area contributed by atoms with Crippen molar-refractivity contribution in [1.82, 2.24) is 9.88 Å². The maximum absolute atomic E-state index is 12.9. The second kappa shape index (κ2) is 8.56. The van der Waals surface area contributed by atoms with Crippen molar-refractivity contribution in [2.45, 2.75) is 16.7 Å². The lowest BCUT2D eigenvalue weighted by Crippen LogP contribution is -2.48. The molecule has 1 aliphatic rings. The molecule has 1 aliphatic heterocycles. The van der Waals surface area contributed by atoms with Crippen molar-refractivity contribution in [2.24, 2.45) is 0 Å². The van der Waals surface area contributed by atoms with Gasteiger partial charge < -0.3 is 9.80 Å². The maximum Gasteiger partial charge on any atom is 0.254 e. The average Bonchev–Trinajstić information content (AvgIpc) is 3.23. The lowest BCUT2D eigenvalue weighted by Gasteiger charge is -2.34. The molecule has 0 N–H and O–H groups in total. The largest absolute Gasteiger partial charge is 0.345 e. The van der Waals surface area contributed by atoms with Crippen LogP contribution in [0.1, 0.15) is 17.3 Å². The summed E-state index contributed by atoms with van der Waals surface area (Å²) in [7, 11) is -3.34. The summed E-state index contributed by atoms with van der Waals surface area (Å²) in [5, 5.41) is 0.981. The van der Waals surface area contributed by atoms with Gasteiger partial charge in [-0.3, -0.25) is 4.79 Å². The van der Waals surface area contributed by atoms with Crippen LogP contribution < -0.4 is 4.90 Å². The number of sulfone groups is 1. The van der Waals surface area contributed by atoms with Crippen LogP contribution in [0.4, 0.5) is 5.13 Å². The third kappa shape index (κ3) is 4.06. The van der Waals surface area contributed by atoms with Gasteiger partial charge in [-0.15, -0.1) is 11.8 Å². The van der Waals surface area contributed by atoms with Gasteiger partial charge in [0, 0.05) is 36.6 Å². The van der Waals surface area contributed by atoms with E-state index in [1.807, 2.05) is 0 Å². The number of hydrogen-bond acceptors (Lipinski definition) is 7. The van der Waals surface area contributed by atoms with Crippen LogP contribution in [-0.4, -0.2) is 62.4 Å². The van der Waals surface area contributed by atoms with Crippen molar-refractivity contribution in [3.63, 3.8) is 0 Å². The molecule has 6 nitrogen and oxygen atoms in total. The van der Waals surface area contributed by atoms with Crippen LogP contribution in [0.3, 0.4) is 0 Å². The van der Waals surface area contributed by atoms with E-state index in [2.05, 4.69) is 29.4 Å². The van der Waals surface area contributed by atoms with Gasteiger partial charge in [-0.1, -0.05) is 30.4 Å². The topological polar surface area (TPSA) is 70.6 Å². The first-order valence-corrected chi connectivity index (χ1v) is 13.4. The number of fused-ring (bicyclic) bond motifs is 1. The Morgan fingerprint density at radius 3 is 2.57 bits per heavy atom. The first-order valence-electron chi connectivity index (χ1n) is 9.73. The quantitative estimate of drug-likeness (QED) is 0.539.